The number of carboxylic acid groups (broad SMARTS) is 1. The first kappa shape index (κ1) is 27.0. The van der Waals surface area contributed by atoms with Gasteiger partial charge in [-0.05, 0) is 67.0 Å². The summed E-state index contributed by atoms with van der Waals surface area (Å²) >= 11 is 5.84. The number of nitrogens with one attached hydrogen (secondary N) is 1. The third-order valence-corrected chi connectivity index (χ3v) is 6.69. The minimum absolute atomic E-state index is 0.0118. The number of benzene rings is 2. The van der Waals surface area contributed by atoms with Gasteiger partial charge in [-0.2, -0.15) is 0 Å². The van der Waals surface area contributed by atoms with Crippen LogP contribution < -0.4 is 10.2 Å². The number of carboxylic acids is 1. The van der Waals surface area contributed by atoms with Crippen LogP contribution in [0.4, 0.5) is 15.8 Å². The van der Waals surface area contributed by atoms with Crippen molar-refractivity contribution in [3.63, 3.8) is 0 Å². The fourth-order valence-corrected chi connectivity index (χ4v) is 4.80. The van der Waals surface area contributed by atoms with Crippen LogP contribution in [0.25, 0.3) is 0 Å². The van der Waals surface area contributed by atoms with E-state index < -0.39 is 11.8 Å². The van der Waals surface area contributed by atoms with Crippen LogP contribution in [0.15, 0.2) is 36.4 Å². The van der Waals surface area contributed by atoms with Crippen molar-refractivity contribution in [3.05, 3.63) is 58.4 Å². The van der Waals surface area contributed by atoms with Crippen LogP contribution in [0.3, 0.4) is 0 Å². The molecule has 8 heteroatoms. The molecule has 0 aromatic heterocycles. The maximum Gasteiger partial charge on any atom is 0.303 e. The van der Waals surface area contributed by atoms with E-state index in [1.54, 1.807) is 6.07 Å². The van der Waals surface area contributed by atoms with Gasteiger partial charge in [0.2, 0.25) is 5.91 Å². The maximum absolute atomic E-state index is 14.3. The summed E-state index contributed by atoms with van der Waals surface area (Å²) in [6.07, 6.45) is 3.25. The molecular weight excluding hydrogens is 471 g/mol. The number of carbonyl (C=O) groups excluding carboxylic acids is 1. The van der Waals surface area contributed by atoms with Crippen LogP contribution in [0.5, 0.6) is 0 Å². The van der Waals surface area contributed by atoms with Gasteiger partial charge in [0.25, 0.3) is 0 Å². The van der Waals surface area contributed by atoms with Gasteiger partial charge in [-0.25, -0.2) is 4.39 Å². The number of carbonyl (C=O) groups is 2. The lowest BCUT2D eigenvalue weighted by molar-refractivity contribution is -0.137. The second kappa shape index (κ2) is 12.9. The van der Waals surface area contributed by atoms with Crippen LogP contribution in [0.1, 0.15) is 63.0 Å². The van der Waals surface area contributed by atoms with E-state index in [0.29, 0.717) is 25.3 Å². The van der Waals surface area contributed by atoms with Gasteiger partial charge in [-0.1, -0.05) is 37.6 Å². The molecule has 0 spiro atoms. The molecule has 35 heavy (non-hydrogen) atoms. The fraction of sp³-hybridized carbons (Fsp3) is 0.481. The Kier molecular flexibility index (Phi) is 9.93. The van der Waals surface area contributed by atoms with Gasteiger partial charge in [-0.15, -0.1) is 0 Å². The zero-order valence-corrected chi connectivity index (χ0v) is 21.1. The molecule has 1 saturated heterocycles. The zero-order chi connectivity index (χ0) is 25.4. The minimum atomic E-state index is -0.862. The van der Waals surface area contributed by atoms with Gasteiger partial charge in [0.05, 0.1) is 24.2 Å². The molecule has 1 amide bonds. The van der Waals surface area contributed by atoms with Crippen LogP contribution in [0.2, 0.25) is 5.02 Å². The molecule has 190 valence electrons. The standard InChI is InChI=1S/C27H34ClFN2O4/c1-3-11-31(22-9-12-35-13-10-22)25-8-6-19(18(4-2)16-27(33)34)14-24(25)30-26(32)15-20-5-7-21(28)17-23(20)29/h5-8,14,17-18,22H,3-4,9-13,15-16H2,1-2H3,(H,30,32)(H,33,34)/t18-/m0/s1. The van der Waals surface area contributed by atoms with E-state index in [9.17, 15) is 19.1 Å². The Morgan fingerprint density at radius 2 is 1.94 bits per heavy atom. The SMILES string of the molecule is CCCN(c1ccc([C@@H](CC)CC(=O)O)cc1NC(=O)Cc1ccc(Cl)cc1F)C1CCOCC1. The Bertz CT molecular complexity index is 1030. The van der Waals surface area contributed by atoms with Crippen molar-refractivity contribution in [1.82, 2.24) is 0 Å². The van der Waals surface area contributed by atoms with Gasteiger partial charge in [0.15, 0.2) is 0 Å². The number of amides is 1. The Balaban J connectivity index is 1.95. The van der Waals surface area contributed by atoms with Crippen molar-refractivity contribution in [2.45, 2.75) is 64.3 Å². The molecular formula is C27H34ClFN2O4. The molecule has 0 radical (unpaired) electrons. The van der Waals surface area contributed by atoms with Crippen LogP contribution in [-0.2, 0) is 20.7 Å². The smallest absolute Gasteiger partial charge is 0.303 e. The Morgan fingerprint density at radius 1 is 1.20 bits per heavy atom. The van der Waals surface area contributed by atoms with E-state index >= 15 is 0 Å². The summed E-state index contributed by atoms with van der Waals surface area (Å²) in [6, 6.07) is 10.4. The third-order valence-electron chi connectivity index (χ3n) is 6.45. The number of nitrogens with zero attached hydrogens (tertiary/aromatic N) is 1. The summed E-state index contributed by atoms with van der Waals surface area (Å²) in [5.74, 6) is -1.91. The molecule has 0 aliphatic carbocycles. The van der Waals surface area contributed by atoms with Crippen LogP contribution in [-0.4, -0.2) is 42.8 Å². The van der Waals surface area contributed by atoms with Crippen molar-refractivity contribution in [3.8, 4) is 0 Å². The van der Waals surface area contributed by atoms with Gasteiger partial charge in [0, 0.05) is 30.8 Å². The minimum Gasteiger partial charge on any atom is -0.481 e. The van der Waals surface area contributed by atoms with Crippen molar-refractivity contribution in [2.24, 2.45) is 0 Å². The van der Waals surface area contributed by atoms with Crippen LogP contribution in [0, 0.1) is 5.82 Å². The molecule has 0 unspecified atom stereocenters. The molecule has 0 saturated carbocycles. The first-order valence-electron chi connectivity index (χ1n) is 12.3. The van der Waals surface area contributed by atoms with E-state index in [4.69, 9.17) is 16.3 Å². The second-order valence-corrected chi connectivity index (χ2v) is 9.41. The van der Waals surface area contributed by atoms with Crippen molar-refractivity contribution in [2.75, 3.05) is 30.0 Å². The number of rotatable bonds is 11. The van der Waals surface area contributed by atoms with E-state index in [2.05, 4.69) is 17.1 Å². The molecule has 0 bridgehead atoms. The molecule has 1 aliphatic rings. The molecule has 1 aliphatic heterocycles. The predicted molar refractivity (Wildman–Crippen MR) is 137 cm³/mol. The summed E-state index contributed by atoms with van der Waals surface area (Å²) < 4.78 is 19.8. The Hall–Kier alpha value is -2.64. The molecule has 1 fully saturated rings. The predicted octanol–water partition coefficient (Wildman–Crippen LogP) is 6.02. The lowest BCUT2D eigenvalue weighted by Gasteiger charge is -2.37. The lowest BCUT2D eigenvalue weighted by atomic mass is 9.92. The summed E-state index contributed by atoms with van der Waals surface area (Å²) in [6.45, 7) is 6.26. The quantitative estimate of drug-likeness (QED) is 0.391. The molecule has 1 atom stereocenters. The molecule has 3 rings (SSSR count). The number of halogens is 2. The zero-order valence-electron chi connectivity index (χ0n) is 20.4. The Labute approximate surface area is 211 Å². The number of anilines is 2. The summed E-state index contributed by atoms with van der Waals surface area (Å²) in [5.41, 5.74) is 2.62. The van der Waals surface area contributed by atoms with Gasteiger partial charge < -0.3 is 20.1 Å². The van der Waals surface area contributed by atoms with E-state index in [0.717, 1.165) is 37.1 Å². The Morgan fingerprint density at radius 3 is 2.57 bits per heavy atom. The average molecular weight is 505 g/mol. The molecule has 2 N–H and O–H groups in total. The van der Waals surface area contributed by atoms with E-state index in [-0.39, 0.29) is 41.3 Å². The fourth-order valence-electron chi connectivity index (χ4n) is 4.64. The number of hydrogen-bond donors (Lipinski definition) is 2. The maximum atomic E-state index is 14.3. The summed E-state index contributed by atoms with van der Waals surface area (Å²) in [7, 11) is 0. The molecule has 2 aromatic carbocycles. The van der Waals surface area contributed by atoms with Crippen molar-refractivity contribution in [1.29, 1.82) is 0 Å². The van der Waals surface area contributed by atoms with Crippen molar-refractivity contribution >= 4 is 34.9 Å². The highest BCUT2D eigenvalue weighted by atomic mass is 35.5. The highest BCUT2D eigenvalue weighted by molar-refractivity contribution is 6.30. The molecule has 1 heterocycles. The molecule has 2 aromatic rings. The van der Waals surface area contributed by atoms with Gasteiger partial charge in [-0.3, -0.25) is 9.59 Å². The number of aliphatic carboxylic acids is 1. The third kappa shape index (κ3) is 7.42. The highest BCUT2D eigenvalue weighted by Crippen LogP contribution is 2.35. The number of ether oxygens (including phenoxy) is 1. The van der Waals surface area contributed by atoms with E-state index in [1.165, 1.54) is 12.1 Å². The highest BCUT2D eigenvalue weighted by Gasteiger charge is 2.25. The first-order chi connectivity index (χ1) is 16.8. The second-order valence-electron chi connectivity index (χ2n) is 8.98. The van der Waals surface area contributed by atoms with Crippen LogP contribution >= 0.6 is 11.6 Å². The first-order valence-corrected chi connectivity index (χ1v) is 12.6. The largest absolute Gasteiger partial charge is 0.481 e. The monoisotopic (exact) mass is 504 g/mol. The summed E-state index contributed by atoms with van der Waals surface area (Å²) in [5, 5.41) is 12.6. The van der Waals surface area contributed by atoms with Gasteiger partial charge in [0.1, 0.15) is 5.82 Å². The van der Waals surface area contributed by atoms with Gasteiger partial charge >= 0.3 is 5.97 Å². The molecule has 6 nitrogen and oxygen atoms in total. The number of hydrogen-bond acceptors (Lipinski definition) is 4. The normalized spacial score (nSPS) is 15.0. The average Bonchev–Trinajstić information content (AvgIpc) is 2.83. The van der Waals surface area contributed by atoms with Crippen molar-refractivity contribution < 1.29 is 23.8 Å². The topological polar surface area (TPSA) is 78.9 Å². The van der Waals surface area contributed by atoms with E-state index in [1.807, 2.05) is 25.1 Å². The lowest BCUT2D eigenvalue weighted by Crippen LogP contribution is -2.40. The summed E-state index contributed by atoms with van der Waals surface area (Å²) in [4.78, 5) is 26.7.